The maximum Gasteiger partial charge on any atom is 0.246 e. The lowest BCUT2D eigenvalue weighted by molar-refractivity contribution is -0.125. The summed E-state index contributed by atoms with van der Waals surface area (Å²) in [7, 11) is 5.70. The van der Waals surface area contributed by atoms with E-state index in [1.807, 2.05) is 37.2 Å². The summed E-state index contributed by atoms with van der Waals surface area (Å²) < 4.78 is 2.12. The summed E-state index contributed by atoms with van der Waals surface area (Å²) in [6.45, 7) is 1.48. The van der Waals surface area contributed by atoms with Crippen molar-refractivity contribution in [3.63, 3.8) is 0 Å². The van der Waals surface area contributed by atoms with E-state index < -0.39 is 0 Å². The van der Waals surface area contributed by atoms with Crippen molar-refractivity contribution in [3.8, 4) is 0 Å². The van der Waals surface area contributed by atoms with Gasteiger partial charge in [-0.3, -0.25) is 14.5 Å². The van der Waals surface area contributed by atoms with Crippen molar-refractivity contribution < 1.29 is 9.59 Å². The van der Waals surface area contributed by atoms with E-state index in [0.29, 0.717) is 25.5 Å². The van der Waals surface area contributed by atoms with Gasteiger partial charge in [0, 0.05) is 49.7 Å². The number of aromatic nitrogens is 2. The Morgan fingerprint density at radius 2 is 2.00 bits per heavy atom. The second-order valence-corrected chi connectivity index (χ2v) is 7.78. The van der Waals surface area contributed by atoms with Gasteiger partial charge in [-0.2, -0.15) is 0 Å². The number of nitrogens with zero attached hydrogens (tertiary/aromatic N) is 4. The van der Waals surface area contributed by atoms with E-state index in [9.17, 15) is 9.59 Å². The highest BCUT2D eigenvalue weighted by molar-refractivity contribution is 5.93. The Bertz CT molecular complexity index is 1150. The van der Waals surface area contributed by atoms with Crippen LogP contribution in [0.2, 0.25) is 0 Å². The van der Waals surface area contributed by atoms with Crippen molar-refractivity contribution >= 4 is 47.0 Å². The molecule has 1 aliphatic rings. The average Bonchev–Trinajstić information content (AvgIpc) is 2.94. The van der Waals surface area contributed by atoms with Gasteiger partial charge in [-0.05, 0) is 42.3 Å². The number of pyridine rings is 1. The number of aryl methyl sites for hydroxylation is 1. The molecule has 0 bridgehead atoms. The van der Waals surface area contributed by atoms with Gasteiger partial charge in [0.25, 0.3) is 0 Å². The summed E-state index contributed by atoms with van der Waals surface area (Å²) >= 11 is 0. The zero-order valence-corrected chi connectivity index (χ0v) is 18.6. The number of likely N-dealkylation sites (N-methyl/N-ethyl adjacent to an activating group) is 2. The fraction of sp³-hybridized carbons (Fsp3) is 0.261. The van der Waals surface area contributed by atoms with Crippen LogP contribution in [-0.2, 0) is 29.7 Å². The van der Waals surface area contributed by atoms with E-state index in [4.69, 9.17) is 0 Å². The first kappa shape index (κ1) is 22.5. The molecule has 3 aromatic rings. The lowest BCUT2D eigenvalue weighted by Gasteiger charge is -2.16. The zero-order chi connectivity index (χ0) is 21.3. The SMILES string of the molecule is CN1CC(=O)Nc2ncc(/C=C/C(=O)N(C)Cc3cc4ccccc4n3C)cc2C1.Cl. The van der Waals surface area contributed by atoms with E-state index >= 15 is 0 Å². The first-order chi connectivity index (χ1) is 14.4. The topological polar surface area (TPSA) is 70.5 Å². The molecule has 0 aliphatic carbocycles. The van der Waals surface area contributed by atoms with E-state index in [1.165, 1.54) is 5.39 Å². The van der Waals surface area contributed by atoms with E-state index in [2.05, 4.69) is 33.1 Å². The Hall–Kier alpha value is -3.16. The molecular formula is C23H26ClN5O2. The molecule has 0 saturated carbocycles. The number of rotatable bonds is 4. The Labute approximate surface area is 187 Å². The molecule has 1 aliphatic heterocycles. The molecule has 0 unspecified atom stereocenters. The molecule has 3 heterocycles. The lowest BCUT2D eigenvalue weighted by Crippen LogP contribution is -2.26. The van der Waals surface area contributed by atoms with Crippen molar-refractivity contribution in [2.75, 3.05) is 26.0 Å². The molecule has 0 spiro atoms. The molecule has 0 fully saturated rings. The molecule has 2 amide bonds. The molecule has 4 rings (SSSR count). The van der Waals surface area contributed by atoms with Gasteiger partial charge in [0.2, 0.25) is 11.8 Å². The summed E-state index contributed by atoms with van der Waals surface area (Å²) in [5.41, 5.74) is 3.98. The third kappa shape index (κ3) is 4.95. The number of amides is 2. The van der Waals surface area contributed by atoms with Crippen LogP contribution in [0.1, 0.15) is 16.8 Å². The Morgan fingerprint density at radius 3 is 2.77 bits per heavy atom. The van der Waals surface area contributed by atoms with Crippen molar-refractivity contribution in [2.24, 2.45) is 7.05 Å². The van der Waals surface area contributed by atoms with Crippen molar-refractivity contribution in [2.45, 2.75) is 13.1 Å². The molecule has 0 atom stereocenters. The number of carbonyl (C=O) groups excluding carboxylic acids is 2. The standard InChI is InChI=1S/C23H25N5O2.ClH/c1-26-13-18-10-16(12-24-23(18)25-21(29)15-26)8-9-22(30)27(2)14-19-11-17-6-4-5-7-20(17)28(19)3;/h4-12H,13-15H2,1-3H3,(H,24,25,29);1H/b9-8+;. The van der Waals surface area contributed by atoms with Gasteiger partial charge in [0.1, 0.15) is 5.82 Å². The predicted octanol–water partition coefficient (Wildman–Crippen LogP) is 3.05. The average molecular weight is 440 g/mol. The number of halogens is 1. The fourth-order valence-corrected chi connectivity index (χ4v) is 3.73. The van der Waals surface area contributed by atoms with Crippen LogP contribution in [0.4, 0.5) is 5.82 Å². The van der Waals surface area contributed by atoms with Crippen LogP contribution in [0.15, 0.2) is 48.7 Å². The number of nitrogens with one attached hydrogen (secondary N) is 1. The monoisotopic (exact) mass is 439 g/mol. The molecule has 1 aromatic carbocycles. The summed E-state index contributed by atoms with van der Waals surface area (Å²) in [6.07, 6.45) is 4.99. The Kier molecular flexibility index (Phi) is 6.77. The van der Waals surface area contributed by atoms with Gasteiger partial charge < -0.3 is 14.8 Å². The predicted molar refractivity (Wildman–Crippen MR) is 125 cm³/mol. The van der Waals surface area contributed by atoms with Crippen LogP contribution in [0.3, 0.4) is 0 Å². The Morgan fingerprint density at radius 1 is 1.23 bits per heavy atom. The van der Waals surface area contributed by atoms with E-state index in [1.54, 1.807) is 30.3 Å². The van der Waals surface area contributed by atoms with Crippen molar-refractivity contribution in [1.82, 2.24) is 19.4 Å². The van der Waals surface area contributed by atoms with Crippen LogP contribution >= 0.6 is 12.4 Å². The summed E-state index contributed by atoms with van der Waals surface area (Å²) in [5, 5.41) is 3.98. The largest absolute Gasteiger partial charge is 0.346 e. The van der Waals surface area contributed by atoms with Gasteiger partial charge in [-0.25, -0.2) is 4.98 Å². The van der Waals surface area contributed by atoms with Crippen LogP contribution in [-0.4, -0.2) is 51.8 Å². The van der Waals surface area contributed by atoms with Gasteiger partial charge in [0.05, 0.1) is 13.1 Å². The minimum Gasteiger partial charge on any atom is -0.346 e. The molecule has 7 nitrogen and oxygen atoms in total. The number of anilines is 1. The maximum atomic E-state index is 12.6. The van der Waals surface area contributed by atoms with Crippen molar-refractivity contribution in [3.05, 3.63) is 65.5 Å². The number of fused-ring (bicyclic) bond motifs is 2. The van der Waals surface area contributed by atoms with Gasteiger partial charge >= 0.3 is 0 Å². The number of benzene rings is 1. The summed E-state index contributed by atoms with van der Waals surface area (Å²) in [4.78, 5) is 32.4. The summed E-state index contributed by atoms with van der Waals surface area (Å²) in [5.74, 6) is 0.429. The second kappa shape index (κ2) is 9.32. The quantitative estimate of drug-likeness (QED) is 0.634. The van der Waals surface area contributed by atoms with Crippen LogP contribution in [0.25, 0.3) is 17.0 Å². The molecule has 2 aromatic heterocycles. The number of carbonyl (C=O) groups is 2. The fourth-order valence-electron chi connectivity index (χ4n) is 3.73. The van der Waals surface area contributed by atoms with Gasteiger partial charge in [0.15, 0.2) is 0 Å². The minimum atomic E-state index is -0.0828. The highest BCUT2D eigenvalue weighted by Crippen LogP contribution is 2.21. The third-order valence-corrected chi connectivity index (χ3v) is 5.34. The van der Waals surface area contributed by atoms with Gasteiger partial charge in [-0.15, -0.1) is 12.4 Å². The molecule has 1 N–H and O–H groups in total. The van der Waals surface area contributed by atoms with Crippen LogP contribution in [0.5, 0.6) is 0 Å². The maximum absolute atomic E-state index is 12.6. The highest BCUT2D eigenvalue weighted by Gasteiger charge is 2.17. The highest BCUT2D eigenvalue weighted by atomic mass is 35.5. The van der Waals surface area contributed by atoms with Crippen LogP contribution in [0, 0.1) is 0 Å². The number of para-hydroxylation sites is 1. The molecule has 8 heteroatoms. The molecule has 162 valence electrons. The Balaban J connectivity index is 0.00000272. The first-order valence-corrected chi connectivity index (χ1v) is 9.84. The smallest absolute Gasteiger partial charge is 0.246 e. The summed E-state index contributed by atoms with van der Waals surface area (Å²) in [6, 6.07) is 12.3. The van der Waals surface area contributed by atoms with Gasteiger partial charge in [-0.1, -0.05) is 18.2 Å². The lowest BCUT2D eigenvalue weighted by atomic mass is 10.1. The van der Waals surface area contributed by atoms with Crippen molar-refractivity contribution in [1.29, 1.82) is 0 Å². The third-order valence-electron chi connectivity index (χ3n) is 5.34. The molecule has 0 saturated heterocycles. The number of hydrogen-bond donors (Lipinski definition) is 1. The first-order valence-electron chi connectivity index (χ1n) is 9.84. The molecule has 31 heavy (non-hydrogen) atoms. The second-order valence-electron chi connectivity index (χ2n) is 7.78. The minimum absolute atomic E-state index is 0. The zero-order valence-electron chi connectivity index (χ0n) is 17.8. The molecular weight excluding hydrogens is 414 g/mol. The van der Waals surface area contributed by atoms with E-state index in [0.717, 1.165) is 22.3 Å². The van der Waals surface area contributed by atoms with Crippen LogP contribution < -0.4 is 5.32 Å². The number of hydrogen-bond acceptors (Lipinski definition) is 4. The molecule has 0 radical (unpaired) electrons. The van der Waals surface area contributed by atoms with E-state index in [-0.39, 0.29) is 24.2 Å². The normalized spacial score (nSPS) is 14.1.